The lowest BCUT2D eigenvalue weighted by molar-refractivity contribution is 0.867. The van der Waals surface area contributed by atoms with E-state index in [9.17, 15) is 0 Å². The zero-order chi connectivity index (χ0) is 18.1. The van der Waals surface area contributed by atoms with Crippen molar-refractivity contribution in [3.63, 3.8) is 0 Å². The monoisotopic (exact) mass is 344 g/mol. The molecule has 4 rings (SSSR count). The Bertz CT molecular complexity index is 1070. The third-order valence-corrected chi connectivity index (χ3v) is 4.34. The molecule has 0 fully saturated rings. The number of H-pyrrole nitrogens is 1. The van der Waals surface area contributed by atoms with Gasteiger partial charge in [0.1, 0.15) is 5.82 Å². The van der Waals surface area contributed by atoms with Crippen molar-refractivity contribution in [2.24, 2.45) is 0 Å². The average Bonchev–Trinajstić information content (AvgIpc) is 3.05. The van der Waals surface area contributed by atoms with Gasteiger partial charge in [0.05, 0.1) is 11.2 Å². The molecule has 2 aromatic heterocycles. The molecule has 130 valence electrons. The van der Waals surface area contributed by atoms with Crippen LogP contribution in [0.4, 0.5) is 17.5 Å². The first kappa shape index (κ1) is 16.1. The molecule has 2 heterocycles. The molecule has 0 radical (unpaired) electrons. The van der Waals surface area contributed by atoms with Crippen LogP contribution in [0.3, 0.4) is 0 Å². The second-order valence-corrected chi connectivity index (χ2v) is 6.54. The van der Waals surface area contributed by atoms with Gasteiger partial charge in [-0.2, -0.15) is 10.1 Å². The second kappa shape index (κ2) is 6.48. The van der Waals surface area contributed by atoms with Crippen molar-refractivity contribution in [3.8, 4) is 11.3 Å². The highest BCUT2D eigenvalue weighted by molar-refractivity contribution is 5.95. The van der Waals surface area contributed by atoms with Crippen LogP contribution in [0.25, 0.3) is 22.2 Å². The van der Waals surface area contributed by atoms with Gasteiger partial charge in [-0.25, -0.2) is 4.98 Å². The van der Waals surface area contributed by atoms with E-state index in [2.05, 4.69) is 69.7 Å². The first-order valence-electron chi connectivity index (χ1n) is 8.54. The van der Waals surface area contributed by atoms with Gasteiger partial charge in [-0.05, 0) is 41.8 Å². The number of anilines is 3. The second-order valence-electron chi connectivity index (χ2n) is 6.54. The topological polar surface area (TPSA) is 92.5 Å². The molecule has 0 aliphatic carbocycles. The van der Waals surface area contributed by atoms with Gasteiger partial charge >= 0.3 is 0 Å². The van der Waals surface area contributed by atoms with Crippen molar-refractivity contribution in [3.05, 3.63) is 60.3 Å². The molecule has 4 N–H and O–H groups in total. The lowest BCUT2D eigenvalue weighted by Gasteiger charge is -2.08. The Morgan fingerprint density at radius 2 is 1.96 bits per heavy atom. The number of aromatic nitrogens is 4. The van der Waals surface area contributed by atoms with Crippen LogP contribution in [0, 0.1) is 0 Å². The van der Waals surface area contributed by atoms with Crippen molar-refractivity contribution in [2.45, 2.75) is 19.8 Å². The van der Waals surface area contributed by atoms with E-state index >= 15 is 0 Å². The summed E-state index contributed by atoms with van der Waals surface area (Å²) in [6, 6.07) is 16.3. The summed E-state index contributed by atoms with van der Waals surface area (Å²) < 4.78 is 0. The molecule has 6 heteroatoms. The maximum atomic E-state index is 5.65. The standard InChI is InChI=1S/C20H20N6/c1-12(2)13-4-3-5-14(10-13)19-16-11-15(6-7-17(16)25-26-19)23-18-8-9-22-20(21)24-18/h3-12H,1-2H3,(H,25,26)(H3,21,22,23,24). The number of nitrogen functional groups attached to an aromatic ring is 1. The fraction of sp³-hybridized carbons (Fsp3) is 0.150. The number of fused-ring (bicyclic) bond motifs is 1. The highest BCUT2D eigenvalue weighted by Gasteiger charge is 2.11. The number of benzene rings is 2. The Labute approximate surface area is 151 Å². The molecule has 0 saturated heterocycles. The van der Waals surface area contributed by atoms with Crippen molar-refractivity contribution in [2.75, 3.05) is 11.1 Å². The minimum Gasteiger partial charge on any atom is -0.368 e. The largest absolute Gasteiger partial charge is 0.368 e. The number of hydrogen-bond acceptors (Lipinski definition) is 5. The summed E-state index contributed by atoms with van der Waals surface area (Å²) >= 11 is 0. The zero-order valence-corrected chi connectivity index (χ0v) is 14.7. The lowest BCUT2D eigenvalue weighted by Crippen LogP contribution is -1.98. The van der Waals surface area contributed by atoms with Crippen LogP contribution < -0.4 is 11.1 Å². The van der Waals surface area contributed by atoms with E-state index in [0.29, 0.717) is 11.7 Å². The molecule has 6 nitrogen and oxygen atoms in total. The van der Waals surface area contributed by atoms with Crippen LogP contribution in [-0.4, -0.2) is 20.2 Å². The lowest BCUT2D eigenvalue weighted by atomic mass is 9.98. The molecule has 26 heavy (non-hydrogen) atoms. The average molecular weight is 344 g/mol. The van der Waals surface area contributed by atoms with Crippen LogP contribution in [0.1, 0.15) is 25.3 Å². The molecule has 2 aromatic carbocycles. The van der Waals surface area contributed by atoms with Gasteiger partial charge < -0.3 is 11.1 Å². The Kier molecular flexibility index (Phi) is 4.01. The number of nitrogens with two attached hydrogens (primary N) is 1. The van der Waals surface area contributed by atoms with Crippen LogP contribution in [0.15, 0.2) is 54.7 Å². The number of hydrogen-bond donors (Lipinski definition) is 3. The Hall–Kier alpha value is -3.41. The van der Waals surface area contributed by atoms with Gasteiger partial charge in [0.25, 0.3) is 0 Å². The van der Waals surface area contributed by atoms with E-state index in [1.54, 1.807) is 12.3 Å². The molecule has 0 bridgehead atoms. The summed E-state index contributed by atoms with van der Waals surface area (Å²) in [6.45, 7) is 4.38. The normalized spacial score (nSPS) is 11.2. The fourth-order valence-electron chi connectivity index (χ4n) is 2.95. The molecule has 0 spiro atoms. The maximum Gasteiger partial charge on any atom is 0.221 e. The molecular formula is C20H20N6. The molecule has 0 aliphatic rings. The van der Waals surface area contributed by atoms with E-state index in [1.165, 1.54) is 5.56 Å². The molecule has 0 aliphatic heterocycles. The highest BCUT2D eigenvalue weighted by Crippen LogP contribution is 2.30. The van der Waals surface area contributed by atoms with Crippen LogP contribution in [-0.2, 0) is 0 Å². The summed E-state index contributed by atoms with van der Waals surface area (Å²) in [4.78, 5) is 8.09. The van der Waals surface area contributed by atoms with Gasteiger partial charge in [-0.15, -0.1) is 0 Å². The smallest absolute Gasteiger partial charge is 0.221 e. The van der Waals surface area contributed by atoms with Crippen LogP contribution in [0.5, 0.6) is 0 Å². The van der Waals surface area contributed by atoms with E-state index < -0.39 is 0 Å². The van der Waals surface area contributed by atoms with Gasteiger partial charge in [-0.1, -0.05) is 32.0 Å². The molecule has 0 atom stereocenters. The first-order valence-corrected chi connectivity index (χ1v) is 8.54. The molecular weight excluding hydrogens is 324 g/mol. The SMILES string of the molecule is CC(C)c1cccc(-c2n[nH]c3ccc(Nc4ccnc(N)n4)cc23)c1. The number of rotatable bonds is 4. The van der Waals surface area contributed by atoms with Crippen molar-refractivity contribution in [1.82, 2.24) is 20.2 Å². The predicted octanol–water partition coefficient (Wildman–Crippen LogP) is 4.47. The first-order chi connectivity index (χ1) is 12.6. The zero-order valence-electron chi connectivity index (χ0n) is 14.7. The Balaban J connectivity index is 1.74. The molecule has 0 unspecified atom stereocenters. The third kappa shape index (κ3) is 3.09. The summed E-state index contributed by atoms with van der Waals surface area (Å²) in [5.41, 5.74) is 10.9. The van der Waals surface area contributed by atoms with Crippen molar-refractivity contribution < 1.29 is 0 Å². The van der Waals surface area contributed by atoms with E-state index in [0.717, 1.165) is 27.8 Å². The van der Waals surface area contributed by atoms with Gasteiger partial charge in [0, 0.05) is 22.8 Å². The van der Waals surface area contributed by atoms with Crippen LogP contribution >= 0.6 is 0 Å². The summed E-state index contributed by atoms with van der Waals surface area (Å²) in [5.74, 6) is 1.37. The van der Waals surface area contributed by atoms with E-state index in [-0.39, 0.29) is 5.95 Å². The van der Waals surface area contributed by atoms with Gasteiger partial charge in [0.2, 0.25) is 5.95 Å². The minimum atomic E-state index is 0.241. The Morgan fingerprint density at radius 3 is 2.77 bits per heavy atom. The van der Waals surface area contributed by atoms with Crippen LogP contribution in [0.2, 0.25) is 0 Å². The Morgan fingerprint density at radius 1 is 1.08 bits per heavy atom. The highest BCUT2D eigenvalue weighted by atomic mass is 15.1. The minimum absolute atomic E-state index is 0.241. The summed E-state index contributed by atoms with van der Waals surface area (Å²) in [6.07, 6.45) is 1.63. The van der Waals surface area contributed by atoms with Gasteiger partial charge in [-0.3, -0.25) is 5.10 Å². The van der Waals surface area contributed by atoms with Gasteiger partial charge in [0.15, 0.2) is 0 Å². The molecule has 0 amide bonds. The van der Waals surface area contributed by atoms with E-state index in [4.69, 9.17) is 5.73 Å². The van der Waals surface area contributed by atoms with E-state index in [1.807, 2.05) is 12.1 Å². The third-order valence-electron chi connectivity index (χ3n) is 4.34. The number of nitrogens with zero attached hydrogens (tertiary/aromatic N) is 3. The quantitative estimate of drug-likeness (QED) is 0.508. The fourth-order valence-corrected chi connectivity index (χ4v) is 2.95. The summed E-state index contributed by atoms with van der Waals surface area (Å²) in [7, 11) is 0. The van der Waals surface area contributed by atoms with Crippen molar-refractivity contribution >= 4 is 28.4 Å². The summed E-state index contributed by atoms with van der Waals surface area (Å²) in [5, 5.41) is 12.0. The number of aromatic amines is 1. The number of nitrogens with one attached hydrogen (secondary N) is 2. The van der Waals surface area contributed by atoms with Crippen molar-refractivity contribution in [1.29, 1.82) is 0 Å². The molecule has 0 saturated carbocycles. The predicted molar refractivity (Wildman–Crippen MR) is 105 cm³/mol. The maximum absolute atomic E-state index is 5.65. The molecule has 4 aromatic rings.